The first-order valence-corrected chi connectivity index (χ1v) is 11.0. The van der Waals surface area contributed by atoms with E-state index in [1.54, 1.807) is 37.5 Å². The Morgan fingerprint density at radius 3 is 2.52 bits per heavy atom. The normalized spacial score (nSPS) is 11.5. The summed E-state index contributed by atoms with van der Waals surface area (Å²) in [6.07, 6.45) is 4.19. The largest absolute Gasteiger partial charge is 0.419 e. The highest BCUT2D eigenvalue weighted by molar-refractivity contribution is 7.92. The molecular formula is C19H19N7O4S. The van der Waals surface area contributed by atoms with Crippen molar-refractivity contribution in [2.45, 2.75) is 6.92 Å². The molecule has 3 N–H and O–H groups in total. The first-order valence-electron chi connectivity index (χ1n) is 9.09. The SMILES string of the molecule is Cc1cnc(Nc2ccc(NS(C)(=O)=O)nc2)nc1Nc1ccc2oc(=O)n(C)c2c1. The molecule has 0 fully saturated rings. The minimum absolute atomic E-state index is 0.212. The molecule has 3 aromatic heterocycles. The maximum Gasteiger partial charge on any atom is 0.419 e. The summed E-state index contributed by atoms with van der Waals surface area (Å²) < 4.78 is 31.4. The summed E-state index contributed by atoms with van der Waals surface area (Å²) in [7, 11) is -1.76. The molecule has 0 radical (unpaired) electrons. The van der Waals surface area contributed by atoms with Gasteiger partial charge in [0.25, 0.3) is 0 Å². The van der Waals surface area contributed by atoms with Crippen molar-refractivity contribution >= 4 is 50.1 Å². The van der Waals surface area contributed by atoms with Crippen LogP contribution in [0.3, 0.4) is 0 Å². The van der Waals surface area contributed by atoms with Gasteiger partial charge in [0.2, 0.25) is 16.0 Å². The molecule has 1 aromatic carbocycles. The fraction of sp³-hybridized carbons (Fsp3) is 0.158. The van der Waals surface area contributed by atoms with Crippen LogP contribution in [0.5, 0.6) is 0 Å². The van der Waals surface area contributed by atoms with E-state index in [1.807, 2.05) is 6.92 Å². The number of nitrogens with zero attached hydrogens (tertiary/aromatic N) is 4. The highest BCUT2D eigenvalue weighted by Crippen LogP contribution is 2.24. The molecule has 0 saturated carbocycles. The van der Waals surface area contributed by atoms with Crippen LogP contribution < -0.4 is 21.1 Å². The average Bonchev–Trinajstić information content (AvgIpc) is 2.99. The van der Waals surface area contributed by atoms with Gasteiger partial charge in [-0.15, -0.1) is 0 Å². The summed E-state index contributed by atoms with van der Waals surface area (Å²) in [6, 6.07) is 8.49. The van der Waals surface area contributed by atoms with Crippen molar-refractivity contribution in [3.63, 3.8) is 0 Å². The van der Waals surface area contributed by atoms with E-state index in [0.717, 1.165) is 17.5 Å². The van der Waals surface area contributed by atoms with Gasteiger partial charge < -0.3 is 15.1 Å². The average molecular weight is 441 g/mol. The van der Waals surface area contributed by atoms with Gasteiger partial charge in [0.05, 0.1) is 23.7 Å². The number of hydrogen-bond acceptors (Lipinski definition) is 9. The second-order valence-electron chi connectivity index (χ2n) is 6.89. The number of aromatic nitrogens is 4. The molecule has 0 aliphatic rings. The molecule has 4 aromatic rings. The Bertz CT molecular complexity index is 1430. The monoisotopic (exact) mass is 441 g/mol. The minimum atomic E-state index is -3.39. The number of aryl methyl sites for hydroxylation is 2. The van der Waals surface area contributed by atoms with Crippen molar-refractivity contribution in [3.05, 3.63) is 58.8 Å². The Kier molecular flexibility index (Phi) is 5.07. The van der Waals surface area contributed by atoms with Gasteiger partial charge in [0.15, 0.2) is 5.58 Å². The van der Waals surface area contributed by atoms with E-state index in [0.29, 0.717) is 28.6 Å². The second kappa shape index (κ2) is 7.72. The summed E-state index contributed by atoms with van der Waals surface area (Å²) >= 11 is 0. The molecule has 0 aliphatic heterocycles. The van der Waals surface area contributed by atoms with Crippen molar-refractivity contribution in [1.29, 1.82) is 0 Å². The van der Waals surface area contributed by atoms with Gasteiger partial charge in [-0.3, -0.25) is 9.29 Å². The molecule has 11 nitrogen and oxygen atoms in total. The standard InChI is InChI=1S/C19H19N7O4S/c1-11-9-21-18(23-13-5-7-16(20-10-13)25-31(3,28)29)24-17(11)22-12-4-6-15-14(8-12)26(2)19(27)30-15/h4-10H,1-3H3,(H,20,25)(H2,21,22,23,24). The fourth-order valence-corrected chi connectivity index (χ4v) is 3.32. The Hall–Kier alpha value is -3.93. The lowest BCUT2D eigenvalue weighted by Gasteiger charge is -2.11. The second-order valence-corrected chi connectivity index (χ2v) is 8.64. The van der Waals surface area contributed by atoms with E-state index in [1.165, 1.54) is 16.8 Å². The van der Waals surface area contributed by atoms with Crippen LogP contribution in [0.1, 0.15) is 5.56 Å². The third-order valence-corrected chi connectivity index (χ3v) is 4.92. The molecule has 0 unspecified atom stereocenters. The number of pyridine rings is 1. The smallest absolute Gasteiger partial charge is 0.408 e. The zero-order valence-corrected chi connectivity index (χ0v) is 17.7. The van der Waals surface area contributed by atoms with Crippen molar-refractivity contribution in [2.24, 2.45) is 7.05 Å². The summed E-state index contributed by atoms with van der Waals surface area (Å²) in [5.41, 5.74) is 3.30. The molecule has 0 spiro atoms. The van der Waals surface area contributed by atoms with E-state index in [2.05, 4.69) is 30.3 Å². The number of hydrogen-bond donors (Lipinski definition) is 3. The van der Waals surface area contributed by atoms with Gasteiger partial charge in [0, 0.05) is 24.5 Å². The number of fused-ring (bicyclic) bond motifs is 1. The van der Waals surface area contributed by atoms with Crippen LogP contribution in [0, 0.1) is 6.92 Å². The van der Waals surface area contributed by atoms with Crippen LogP contribution in [0.4, 0.5) is 29.0 Å². The summed E-state index contributed by atoms with van der Waals surface area (Å²) in [6.45, 7) is 1.87. The molecule has 3 heterocycles. The van der Waals surface area contributed by atoms with Gasteiger partial charge in [-0.05, 0) is 37.3 Å². The summed E-state index contributed by atoms with van der Waals surface area (Å²) in [5, 5.41) is 6.25. The van der Waals surface area contributed by atoms with Gasteiger partial charge in [-0.1, -0.05) is 0 Å². The van der Waals surface area contributed by atoms with Crippen LogP contribution in [0.15, 0.2) is 51.9 Å². The molecule has 0 aliphatic carbocycles. The van der Waals surface area contributed by atoms with Crippen molar-refractivity contribution < 1.29 is 12.8 Å². The molecule has 31 heavy (non-hydrogen) atoms. The zero-order chi connectivity index (χ0) is 22.2. The molecule has 12 heteroatoms. The Morgan fingerprint density at radius 2 is 1.81 bits per heavy atom. The third-order valence-electron chi connectivity index (χ3n) is 4.34. The molecule has 0 saturated heterocycles. The van der Waals surface area contributed by atoms with E-state index in [4.69, 9.17) is 4.42 Å². The van der Waals surface area contributed by atoms with Crippen molar-refractivity contribution in [3.8, 4) is 0 Å². The van der Waals surface area contributed by atoms with Crippen LogP contribution in [0.2, 0.25) is 0 Å². The van der Waals surface area contributed by atoms with Crippen LogP contribution in [0.25, 0.3) is 11.1 Å². The Balaban J connectivity index is 1.55. The maximum absolute atomic E-state index is 11.7. The third kappa shape index (κ3) is 4.64. The molecule has 160 valence electrons. The minimum Gasteiger partial charge on any atom is -0.408 e. The highest BCUT2D eigenvalue weighted by atomic mass is 32.2. The predicted molar refractivity (Wildman–Crippen MR) is 117 cm³/mol. The lowest BCUT2D eigenvalue weighted by Crippen LogP contribution is -2.10. The Morgan fingerprint density at radius 1 is 1.03 bits per heavy atom. The van der Waals surface area contributed by atoms with Crippen LogP contribution >= 0.6 is 0 Å². The first kappa shape index (κ1) is 20.3. The fourth-order valence-electron chi connectivity index (χ4n) is 2.82. The van der Waals surface area contributed by atoms with Gasteiger partial charge in [0.1, 0.15) is 11.6 Å². The van der Waals surface area contributed by atoms with E-state index in [9.17, 15) is 13.2 Å². The van der Waals surface area contributed by atoms with Crippen molar-refractivity contribution in [1.82, 2.24) is 19.5 Å². The van der Waals surface area contributed by atoms with Gasteiger partial charge in [-0.2, -0.15) is 4.98 Å². The maximum atomic E-state index is 11.7. The summed E-state index contributed by atoms with van der Waals surface area (Å²) in [4.78, 5) is 24.5. The number of sulfonamides is 1. The van der Waals surface area contributed by atoms with E-state index < -0.39 is 15.8 Å². The number of rotatable bonds is 6. The molecule has 0 amide bonds. The molecule has 4 rings (SSSR count). The van der Waals surface area contributed by atoms with Gasteiger partial charge in [-0.25, -0.2) is 23.2 Å². The summed E-state index contributed by atoms with van der Waals surface area (Å²) in [5.74, 6) is 0.691. The van der Waals surface area contributed by atoms with Gasteiger partial charge >= 0.3 is 5.76 Å². The topological polar surface area (TPSA) is 144 Å². The van der Waals surface area contributed by atoms with E-state index in [-0.39, 0.29) is 5.82 Å². The Labute approximate surface area is 177 Å². The zero-order valence-electron chi connectivity index (χ0n) is 16.9. The highest BCUT2D eigenvalue weighted by Gasteiger charge is 2.10. The van der Waals surface area contributed by atoms with Crippen LogP contribution in [-0.4, -0.2) is 34.2 Å². The van der Waals surface area contributed by atoms with E-state index >= 15 is 0 Å². The lowest BCUT2D eigenvalue weighted by molar-refractivity contribution is 0.528. The number of anilines is 5. The van der Waals surface area contributed by atoms with Crippen molar-refractivity contribution in [2.75, 3.05) is 21.6 Å². The van der Waals surface area contributed by atoms with Crippen LogP contribution in [-0.2, 0) is 17.1 Å². The lowest BCUT2D eigenvalue weighted by atomic mass is 10.2. The first-order chi connectivity index (χ1) is 14.7. The quantitative estimate of drug-likeness (QED) is 0.411. The molecule has 0 atom stereocenters. The number of benzene rings is 1. The molecule has 0 bridgehead atoms. The molecular weight excluding hydrogens is 422 g/mol. The predicted octanol–water partition coefficient (Wildman–Crippen LogP) is 2.48. The number of oxazole rings is 1. The number of nitrogens with one attached hydrogen (secondary N) is 3.